The van der Waals surface area contributed by atoms with Crippen LogP contribution in [0.2, 0.25) is 10.2 Å². The van der Waals surface area contributed by atoms with Crippen molar-refractivity contribution >= 4 is 34.9 Å². The molecule has 1 aromatic heterocycles. The fourth-order valence-corrected chi connectivity index (χ4v) is 0.880. The van der Waals surface area contributed by atoms with Crippen LogP contribution < -0.4 is 5.32 Å². The fraction of sp³-hybridized carbons (Fsp3) is 0.167. The van der Waals surface area contributed by atoms with Gasteiger partial charge in [0.05, 0.1) is 0 Å². The van der Waals surface area contributed by atoms with E-state index >= 15 is 0 Å². The third-order valence-electron chi connectivity index (χ3n) is 1.04. The second-order valence-electron chi connectivity index (χ2n) is 2.01. The van der Waals surface area contributed by atoms with E-state index in [0.29, 0.717) is 0 Å². The number of hydrogen-bond donors (Lipinski definition) is 1. The van der Waals surface area contributed by atoms with E-state index in [1.54, 1.807) is 0 Å². The largest absolute Gasteiger partial charge is 0.310 e. The fourth-order valence-electron chi connectivity index (χ4n) is 0.602. The Morgan fingerprint density at radius 3 is 2.75 bits per heavy atom. The predicted octanol–water partition coefficient (Wildman–Crippen LogP) is 1.74. The third kappa shape index (κ3) is 2.06. The lowest BCUT2D eigenvalue weighted by atomic mass is 10.5. The molecule has 0 fully saturated rings. The molecular weight excluding hydrogens is 201 g/mol. The van der Waals surface area contributed by atoms with E-state index in [0.717, 1.165) is 0 Å². The first-order valence-corrected chi connectivity index (χ1v) is 3.80. The number of halogens is 2. The molecule has 1 aromatic rings. The number of rotatable bonds is 1. The zero-order valence-corrected chi connectivity index (χ0v) is 7.65. The lowest BCUT2D eigenvalue weighted by molar-refractivity contribution is -0.114. The van der Waals surface area contributed by atoms with Crippen LogP contribution in [0.5, 0.6) is 0 Å². The highest BCUT2D eigenvalue weighted by Gasteiger charge is 2.07. The molecule has 12 heavy (non-hydrogen) atoms. The van der Waals surface area contributed by atoms with Gasteiger partial charge in [-0.2, -0.15) is 0 Å². The maximum atomic E-state index is 10.6. The van der Waals surface area contributed by atoms with Crippen molar-refractivity contribution in [2.45, 2.75) is 6.92 Å². The minimum absolute atomic E-state index is 0.121. The van der Waals surface area contributed by atoms with Crippen LogP contribution in [-0.2, 0) is 4.79 Å². The summed E-state index contributed by atoms with van der Waals surface area (Å²) in [6.07, 6.45) is 1.22. The summed E-state index contributed by atoms with van der Waals surface area (Å²) in [5.41, 5.74) is 0. The van der Waals surface area contributed by atoms with Gasteiger partial charge >= 0.3 is 0 Å². The molecule has 0 saturated carbocycles. The SMILES string of the molecule is CC(=O)Nc1ncnc(Cl)c1Cl. The summed E-state index contributed by atoms with van der Waals surface area (Å²) in [4.78, 5) is 17.9. The van der Waals surface area contributed by atoms with E-state index in [9.17, 15) is 4.79 Å². The second-order valence-corrected chi connectivity index (χ2v) is 2.74. The molecule has 0 aliphatic carbocycles. The Balaban J connectivity index is 3.00. The molecule has 0 aromatic carbocycles. The van der Waals surface area contributed by atoms with Crippen molar-refractivity contribution in [3.05, 3.63) is 16.5 Å². The van der Waals surface area contributed by atoms with Gasteiger partial charge in [0.25, 0.3) is 0 Å². The van der Waals surface area contributed by atoms with Crippen molar-refractivity contribution < 1.29 is 4.79 Å². The van der Waals surface area contributed by atoms with Crippen LogP contribution in [0.1, 0.15) is 6.92 Å². The van der Waals surface area contributed by atoms with E-state index in [-0.39, 0.29) is 21.9 Å². The smallest absolute Gasteiger partial charge is 0.222 e. The topological polar surface area (TPSA) is 54.9 Å². The maximum absolute atomic E-state index is 10.6. The molecule has 0 unspecified atom stereocenters. The number of amides is 1. The normalized spacial score (nSPS) is 9.58. The van der Waals surface area contributed by atoms with Crippen LogP contribution in [0, 0.1) is 0 Å². The molecule has 0 radical (unpaired) electrons. The molecule has 0 aliphatic rings. The Labute approximate surface area is 78.9 Å². The number of hydrogen-bond acceptors (Lipinski definition) is 3. The van der Waals surface area contributed by atoms with Gasteiger partial charge < -0.3 is 5.32 Å². The molecule has 1 amide bonds. The van der Waals surface area contributed by atoms with Gasteiger partial charge in [-0.05, 0) is 0 Å². The van der Waals surface area contributed by atoms with Crippen LogP contribution in [-0.4, -0.2) is 15.9 Å². The molecule has 64 valence electrons. The molecule has 0 aliphatic heterocycles. The number of nitrogens with one attached hydrogen (secondary N) is 1. The molecule has 1 heterocycles. The Morgan fingerprint density at radius 2 is 2.17 bits per heavy atom. The zero-order chi connectivity index (χ0) is 9.14. The van der Waals surface area contributed by atoms with Crippen molar-refractivity contribution in [1.29, 1.82) is 0 Å². The van der Waals surface area contributed by atoms with Crippen molar-refractivity contribution in [2.75, 3.05) is 5.32 Å². The average molecular weight is 206 g/mol. The molecule has 1 N–H and O–H groups in total. The predicted molar refractivity (Wildman–Crippen MR) is 46.4 cm³/mol. The third-order valence-corrected chi connectivity index (χ3v) is 1.78. The number of nitrogens with zero attached hydrogens (tertiary/aromatic N) is 2. The first-order valence-electron chi connectivity index (χ1n) is 3.05. The van der Waals surface area contributed by atoms with Crippen molar-refractivity contribution in [3.8, 4) is 0 Å². The second kappa shape index (κ2) is 3.69. The zero-order valence-electron chi connectivity index (χ0n) is 6.14. The molecule has 4 nitrogen and oxygen atoms in total. The molecule has 0 spiro atoms. The number of carbonyl (C=O) groups excluding carboxylic acids is 1. The Morgan fingerprint density at radius 1 is 1.50 bits per heavy atom. The summed E-state index contributed by atoms with van der Waals surface area (Å²) >= 11 is 11.2. The van der Waals surface area contributed by atoms with Gasteiger partial charge in [-0.25, -0.2) is 9.97 Å². The Kier molecular flexibility index (Phi) is 2.83. The van der Waals surface area contributed by atoms with E-state index in [4.69, 9.17) is 23.2 Å². The number of aromatic nitrogens is 2. The highest BCUT2D eigenvalue weighted by molar-refractivity contribution is 6.42. The minimum Gasteiger partial charge on any atom is -0.310 e. The van der Waals surface area contributed by atoms with Crippen LogP contribution in [0.25, 0.3) is 0 Å². The van der Waals surface area contributed by atoms with Crippen molar-refractivity contribution in [2.24, 2.45) is 0 Å². The molecule has 0 bridgehead atoms. The quantitative estimate of drug-likeness (QED) is 0.712. The molecule has 0 atom stereocenters. The molecule has 1 rings (SSSR count). The number of anilines is 1. The number of carbonyl (C=O) groups is 1. The van der Waals surface area contributed by atoms with Gasteiger partial charge in [-0.3, -0.25) is 4.79 Å². The Hall–Kier alpha value is -0.870. The first kappa shape index (κ1) is 9.22. The van der Waals surface area contributed by atoms with Gasteiger partial charge in [0.1, 0.15) is 11.3 Å². The summed E-state index contributed by atoms with van der Waals surface area (Å²) in [7, 11) is 0. The van der Waals surface area contributed by atoms with Gasteiger partial charge in [0, 0.05) is 6.92 Å². The summed E-state index contributed by atoms with van der Waals surface area (Å²) in [5.74, 6) is -0.0316. The van der Waals surface area contributed by atoms with Crippen LogP contribution in [0.3, 0.4) is 0 Å². The van der Waals surface area contributed by atoms with E-state index in [2.05, 4.69) is 15.3 Å². The minimum atomic E-state index is -0.258. The molecule has 0 saturated heterocycles. The van der Waals surface area contributed by atoms with Gasteiger partial charge in [0.15, 0.2) is 11.0 Å². The van der Waals surface area contributed by atoms with Gasteiger partial charge in [-0.15, -0.1) is 0 Å². The van der Waals surface area contributed by atoms with E-state index in [1.165, 1.54) is 13.3 Å². The summed E-state index contributed by atoms with van der Waals surface area (Å²) in [6, 6.07) is 0. The van der Waals surface area contributed by atoms with Crippen molar-refractivity contribution in [3.63, 3.8) is 0 Å². The monoisotopic (exact) mass is 205 g/mol. The van der Waals surface area contributed by atoms with Gasteiger partial charge in [0.2, 0.25) is 5.91 Å². The summed E-state index contributed by atoms with van der Waals surface area (Å²) in [5, 5.41) is 2.68. The maximum Gasteiger partial charge on any atom is 0.222 e. The summed E-state index contributed by atoms with van der Waals surface area (Å²) < 4.78 is 0. The van der Waals surface area contributed by atoms with Crippen LogP contribution >= 0.6 is 23.2 Å². The van der Waals surface area contributed by atoms with Crippen LogP contribution in [0.15, 0.2) is 6.33 Å². The van der Waals surface area contributed by atoms with Gasteiger partial charge in [-0.1, -0.05) is 23.2 Å². The standard InChI is InChI=1S/C6H5Cl2N3O/c1-3(12)11-6-4(7)5(8)9-2-10-6/h2H,1H3,(H,9,10,11,12). The lowest BCUT2D eigenvalue weighted by Gasteiger charge is -2.02. The van der Waals surface area contributed by atoms with Crippen molar-refractivity contribution in [1.82, 2.24) is 9.97 Å². The van der Waals surface area contributed by atoms with E-state index in [1.807, 2.05) is 0 Å². The summed E-state index contributed by atoms with van der Waals surface area (Å²) in [6.45, 7) is 1.35. The van der Waals surface area contributed by atoms with Crippen LogP contribution in [0.4, 0.5) is 5.82 Å². The highest BCUT2D eigenvalue weighted by atomic mass is 35.5. The Bertz CT molecular complexity index is 316. The molecule has 6 heteroatoms. The van der Waals surface area contributed by atoms with E-state index < -0.39 is 0 Å². The highest BCUT2D eigenvalue weighted by Crippen LogP contribution is 2.24. The molecular formula is C6H5Cl2N3O. The average Bonchev–Trinajstić information content (AvgIpc) is 1.98. The first-order chi connectivity index (χ1) is 5.61. The lowest BCUT2D eigenvalue weighted by Crippen LogP contribution is -2.08.